The molecule has 0 spiro atoms. The number of hydrogen-bond acceptors (Lipinski definition) is 2. The van der Waals surface area contributed by atoms with E-state index in [-0.39, 0.29) is 5.54 Å². The summed E-state index contributed by atoms with van der Waals surface area (Å²) in [4.78, 5) is 13.0. The Hall–Kier alpha value is -0.510. The molecule has 2 fully saturated rings. The van der Waals surface area contributed by atoms with Crippen LogP contribution in [0.2, 0.25) is 0 Å². The van der Waals surface area contributed by atoms with E-state index >= 15 is 0 Å². The molecule has 1 N–H and O–H groups in total. The summed E-state index contributed by atoms with van der Waals surface area (Å²) >= 11 is 13.1. The summed E-state index contributed by atoms with van der Waals surface area (Å²) in [6, 6.07) is 0.575. The van der Waals surface area contributed by atoms with Gasteiger partial charge >= 0.3 is 5.97 Å². The van der Waals surface area contributed by atoms with Crippen LogP contribution in [0, 0.1) is 0 Å². The van der Waals surface area contributed by atoms with Crippen LogP contribution in [0.1, 0.15) is 38.5 Å². The smallest absolute Gasteiger partial charge is 0.331 e. The van der Waals surface area contributed by atoms with Gasteiger partial charge in [-0.25, -0.2) is 4.79 Å². The maximum atomic E-state index is 11.3. The second-order valence-electron chi connectivity index (χ2n) is 6.27. The summed E-state index contributed by atoms with van der Waals surface area (Å²) in [7, 11) is 2.13. The van der Waals surface area contributed by atoms with Crippen molar-refractivity contribution in [2.45, 2.75) is 55.0 Å². The Morgan fingerprint density at radius 3 is 2.90 bits per heavy atom. The molecule has 0 saturated carbocycles. The molecular weight excluding hydrogens is 297 g/mol. The number of hydrogen-bond donors (Lipinski definition) is 1. The van der Waals surface area contributed by atoms with Crippen molar-refractivity contribution in [1.29, 1.82) is 0 Å². The molecule has 5 heteroatoms. The number of aliphatic carboxylic acids is 1. The summed E-state index contributed by atoms with van der Waals surface area (Å²) in [6.07, 6.45) is 9.27. The predicted octanol–water partition coefficient (Wildman–Crippen LogP) is 3.52. The van der Waals surface area contributed by atoms with Gasteiger partial charge in [0.25, 0.3) is 0 Å². The summed E-state index contributed by atoms with van der Waals surface area (Å²) in [6.45, 7) is 0. The zero-order valence-electron chi connectivity index (χ0n) is 11.5. The zero-order chi connectivity index (χ0) is 14.5. The molecule has 0 aromatic heterocycles. The number of carboxylic acid groups (broad SMARTS) is 1. The van der Waals surface area contributed by atoms with Crippen molar-refractivity contribution >= 4 is 29.2 Å². The highest BCUT2D eigenvalue weighted by molar-refractivity contribution is 6.34. The fourth-order valence-electron chi connectivity index (χ4n) is 4.35. The van der Waals surface area contributed by atoms with Crippen LogP contribution in [0.15, 0.2) is 22.8 Å². The van der Waals surface area contributed by atoms with E-state index in [1.54, 1.807) is 0 Å². The molecule has 110 valence electrons. The van der Waals surface area contributed by atoms with Crippen molar-refractivity contribution in [3.05, 3.63) is 22.8 Å². The van der Waals surface area contributed by atoms with E-state index < -0.39 is 10.8 Å². The summed E-state index contributed by atoms with van der Waals surface area (Å²) in [5.74, 6) is -0.925. The Balaban J connectivity index is 2.01. The molecule has 20 heavy (non-hydrogen) atoms. The third-order valence-electron chi connectivity index (χ3n) is 5.42. The summed E-state index contributed by atoms with van der Waals surface area (Å²) in [5.41, 5.74) is 0.149. The standard InChI is InChI=1S/C15H19Cl2NO2/c1-18-12-3-2-5-15(18,6-4-12)14(17)8-10(13(19)20)7-11(16)9-14/h7,9,12H,2-6,8H2,1H3,(H,19,20)/t12-,14+,15+/m1/s1. The first-order valence-corrected chi connectivity index (χ1v) is 7.88. The summed E-state index contributed by atoms with van der Waals surface area (Å²) < 4.78 is 0. The SMILES string of the molecule is CN1[C@@H]2CCC[C@@]1([C@@]1(Cl)C=C(Cl)C=C(C(=O)O)C1)CC2. The van der Waals surface area contributed by atoms with Gasteiger partial charge in [0.15, 0.2) is 0 Å². The van der Waals surface area contributed by atoms with Crippen molar-refractivity contribution in [3.63, 3.8) is 0 Å². The number of carboxylic acids is 1. The average molecular weight is 316 g/mol. The number of alkyl halides is 1. The second-order valence-corrected chi connectivity index (χ2v) is 7.38. The Morgan fingerprint density at radius 1 is 1.45 bits per heavy atom. The molecule has 3 aliphatic rings. The minimum absolute atomic E-state index is 0.160. The first-order valence-electron chi connectivity index (χ1n) is 7.12. The van der Waals surface area contributed by atoms with E-state index in [1.165, 1.54) is 12.5 Å². The molecule has 2 saturated heterocycles. The molecule has 3 atom stereocenters. The van der Waals surface area contributed by atoms with E-state index in [4.69, 9.17) is 23.2 Å². The highest BCUT2D eigenvalue weighted by Gasteiger charge is 2.58. The molecule has 0 aromatic carbocycles. The predicted molar refractivity (Wildman–Crippen MR) is 80.2 cm³/mol. The van der Waals surface area contributed by atoms with Gasteiger partial charge in [0.05, 0.1) is 4.87 Å². The van der Waals surface area contributed by atoms with Crippen LogP contribution in [-0.4, -0.2) is 39.5 Å². The highest BCUT2D eigenvalue weighted by atomic mass is 35.5. The van der Waals surface area contributed by atoms with Crippen LogP contribution in [0.4, 0.5) is 0 Å². The van der Waals surface area contributed by atoms with E-state index in [0.717, 1.165) is 25.7 Å². The average Bonchev–Trinajstić information content (AvgIpc) is 2.59. The van der Waals surface area contributed by atoms with Gasteiger partial charge < -0.3 is 5.11 Å². The monoisotopic (exact) mass is 315 g/mol. The second kappa shape index (κ2) is 4.75. The molecule has 0 radical (unpaired) electrons. The molecule has 2 aliphatic heterocycles. The molecule has 1 aliphatic carbocycles. The number of halogens is 2. The van der Waals surface area contributed by atoms with Crippen LogP contribution < -0.4 is 0 Å². The van der Waals surface area contributed by atoms with Gasteiger partial charge in [-0.1, -0.05) is 11.6 Å². The van der Waals surface area contributed by atoms with Crippen molar-refractivity contribution in [3.8, 4) is 0 Å². The first kappa shape index (κ1) is 14.4. The van der Waals surface area contributed by atoms with Gasteiger partial charge in [0.1, 0.15) is 0 Å². The number of rotatable bonds is 2. The van der Waals surface area contributed by atoms with Crippen LogP contribution >= 0.6 is 23.2 Å². The van der Waals surface area contributed by atoms with Crippen LogP contribution in [0.25, 0.3) is 0 Å². The fourth-order valence-corrected chi connectivity index (χ4v) is 5.30. The van der Waals surface area contributed by atoms with Crippen molar-refractivity contribution in [2.24, 2.45) is 0 Å². The molecular formula is C15H19Cl2NO2. The Kier molecular flexibility index (Phi) is 3.43. The topological polar surface area (TPSA) is 40.5 Å². The van der Waals surface area contributed by atoms with E-state index in [0.29, 0.717) is 23.1 Å². The van der Waals surface area contributed by atoms with Gasteiger partial charge in [-0.3, -0.25) is 4.90 Å². The molecule has 0 amide bonds. The lowest BCUT2D eigenvalue weighted by Crippen LogP contribution is -2.60. The maximum absolute atomic E-state index is 11.3. The minimum atomic E-state index is -0.925. The quantitative estimate of drug-likeness (QED) is 0.793. The lowest BCUT2D eigenvalue weighted by atomic mass is 9.72. The van der Waals surface area contributed by atoms with Crippen LogP contribution in [0.5, 0.6) is 0 Å². The molecule has 0 unspecified atom stereocenters. The van der Waals surface area contributed by atoms with E-state index in [9.17, 15) is 9.90 Å². The number of fused-ring (bicyclic) bond motifs is 2. The Labute approximate surface area is 129 Å². The lowest BCUT2D eigenvalue weighted by molar-refractivity contribution is -0.133. The molecule has 2 heterocycles. The molecule has 3 nitrogen and oxygen atoms in total. The zero-order valence-corrected chi connectivity index (χ0v) is 13.0. The van der Waals surface area contributed by atoms with Gasteiger partial charge in [-0.2, -0.15) is 0 Å². The van der Waals surface area contributed by atoms with Crippen molar-refractivity contribution in [1.82, 2.24) is 4.90 Å². The maximum Gasteiger partial charge on any atom is 0.331 e. The fraction of sp³-hybridized carbons (Fsp3) is 0.667. The highest BCUT2D eigenvalue weighted by Crippen LogP contribution is 2.55. The van der Waals surface area contributed by atoms with Crippen LogP contribution in [0.3, 0.4) is 0 Å². The van der Waals surface area contributed by atoms with Gasteiger partial charge in [-0.15, -0.1) is 11.6 Å². The largest absolute Gasteiger partial charge is 0.478 e. The van der Waals surface area contributed by atoms with Crippen molar-refractivity contribution in [2.75, 3.05) is 7.05 Å². The third-order valence-corrected chi connectivity index (χ3v) is 6.23. The van der Waals surface area contributed by atoms with Gasteiger partial charge in [-0.05, 0) is 51.3 Å². The Morgan fingerprint density at radius 2 is 2.20 bits per heavy atom. The lowest BCUT2D eigenvalue weighted by Gasteiger charge is -2.52. The minimum Gasteiger partial charge on any atom is -0.478 e. The molecule has 2 bridgehead atoms. The van der Waals surface area contributed by atoms with E-state index in [2.05, 4.69) is 11.9 Å². The third kappa shape index (κ3) is 1.94. The molecule has 3 rings (SSSR count). The summed E-state index contributed by atoms with van der Waals surface area (Å²) in [5, 5.41) is 9.74. The Bertz CT molecular complexity index is 512. The van der Waals surface area contributed by atoms with Gasteiger partial charge in [0.2, 0.25) is 0 Å². The van der Waals surface area contributed by atoms with Crippen LogP contribution in [-0.2, 0) is 4.79 Å². The number of piperidine rings is 1. The number of nitrogens with zero attached hydrogens (tertiary/aromatic N) is 1. The number of allylic oxidation sites excluding steroid dienone is 2. The molecule has 0 aromatic rings. The number of carbonyl (C=O) groups is 1. The normalized spacial score (nSPS) is 41.2. The first-order chi connectivity index (χ1) is 9.38. The van der Waals surface area contributed by atoms with Gasteiger partial charge in [0, 0.05) is 28.6 Å². The van der Waals surface area contributed by atoms with Crippen molar-refractivity contribution < 1.29 is 9.90 Å². The van der Waals surface area contributed by atoms with E-state index in [1.807, 2.05) is 6.08 Å².